The van der Waals surface area contributed by atoms with E-state index in [1.165, 1.54) is 6.42 Å². The number of nitrogens with zero attached hydrogens (tertiary/aromatic N) is 2. The highest BCUT2D eigenvalue weighted by Gasteiger charge is 2.31. The number of likely N-dealkylation sites (N-methyl/N-ethyl adjacent to an activating group) is 1. The summed E-state index contributed by atoms with van der Waals surface area (Å²) in [5.41, 5.74) is -0.261. The average molecular weight is 284 g/mol. The lowest BCUT2D eigenvalue weighted by molar-refractivity contribution is -0.141. The predicted molar refractivity (Wildman–Crippen MR) is 82.7 cm³/mol. The summed E-state index contributed by atoms with van der Waals surface area (Å²) in [4.78, 5) is 16.7. The molecule has 0 aliphatic carbocycles. The second-order valence-electron chi connectivity index (χ2n) is 6.97. The number of rotatable bonds is 6. The van der Waals surface area contributed by atoms with Gasteiger partial charge in [-0.1, -0.05) is 20.8 Å². The van der Waals surface area contributed by atoms with Gasteiger partial charge in [0, 0.05) is 38.2 Å². The van der Waals surface area contributed by atoms with E-state index in [1.54, 1.807) is 0 Å². The molecule has 4 nitrogen and oxygen atoms in total. The van der Waals surface area contributed by atoms with Crippen molar-refractivity contribution in [3.8, 4) is 0 Å². The maximum Gasteiger partial charge on any atom is 0.227 e. The Balaban J connectivity index is 2.39. The van der Waals surface area contributed by atoms with Crippen LogP contribution in [0.5, 0.6) is 0 Å². The van der Waals surface area contributed by atoms with Gasteiger partial charge < -0.3 is 14.5 Å². The van der Waals surface area contributed by atoms with Crippen LogP contribution in [0.25, 0.3) is 0 Å². The fourth-order valence-electron chi connectivity index (χ4n) is 2.77. The molecule has 1 saturated heterocycles. The van der Waals surface area contributed by atoms with Gasteiger partial charge in [0.15, 0.2) is 0 Å². The van der Waals surface area contributed by atoms with Crippen LogP contribution < -0.4 is 0 Å². The number of hydrogen-bond donors (Lipinski definition) is 0. The standard InChI is InChI=1S/C16H32N2O2/c1-6-20-11-10-17(5)12-14-8-7-9-18(13-14)15(19)16(2,3)4/h14H,6-13H2,1-5H3. The van der Waals surface area contributed by atoms with Gasteiger partial charge >= 0.3 is 0 Å². The maximum atomic E-state index is 12.4. The van der Waals surface area contributed by atoms with Crippen molar-refractivity contribution in [2.45, 2.75) is 40.5 Å². The minimum atomic E-state index is -0.261. The van der Waals surface area contributed by atoms with Crippen molar-refractivity contribution in [2.75, 3.05) is 46.4 Å². The van der Waals surface area contributed by atoms with Gasteiger partial charge in [0.25, 0.3) is 0 Å². The normalized spacial score (nSPS) is 20.5. The molecule has 0 aromatic carbocycles. The molecule has 0 bridgehead atoms. The lowest BCUT2D eigenvalue weighted by Gasteiger charge is -2.37. The summed E-state index contributed by atoms with van der Waals surface area (Å²) in [6.07, 6.45) is 2.36. The van der Waals surface area contributed by atoms with E-state index < -0.39 is 0 Å². The van der Waals surface area contributed by atoms with Crippen LogP contribution >= 0.6 is 0 Å². The van der Waals surface area contributed by atoms with Gasteiger partial charge in [-0.15, -0.1) is 0 Å². The van der Waals surface area contributed by atoms with Crippen LogP contribution in [0.4, 0.5) is 0 Å². The third kappa shape index (κ3) is 5.80. The second kappa shape index (κ2) is 7.99. The molecule has 1 amide bonds. The molecule has 118 valence electrons. The summed E-state index contributed by atoms with van der Waals surface area (Å²) in [6, 6.07) is 0. The first-order chi connectivity index (χ1) is 9.34. The lowest BCUT2D eigenvalue weighted by atomic mass is 9.91. The molecule has 1 aliphatic heterocycles. The zero-order valence-corrected chi connectivity index (χ0v) is 13.9. The summed E-state index contributed by atoms with van der Waals surface area (Å²) in [5.74, 6) is 0.890. The van der Waals surface area contributed by atoms with Crippen LogP contribution in [0.3, 0.4) is 0 Å². The quantitative estimate of drug-likeness (QED) is 0.701. The fourth-order valence-corrected chi connectivity index (χ4v) is 2.77. The molecule has 0 spiro atoms. The Morgan fingerprint density at radius 1 is 1.40 bits per heavy atom. The Labute approximate surface area is 124 Å². The van der Waals surface area contributed by atoms with Gasteiger partial charge in [-0.05, 0) is 32.7 Å². The zero-order valence-electron chi connectivity index (χ0n) is 13.9. The molecule has 1 fully saturated rings. The van der Waals surface area contributed by atoms with E-state index in [4.69, 9.17) is 4.74 Å². The summed E-state index contributed by atoms with van der Waals surface area (Å²) in [6.45, 7) is 13.5. The second-order valence-corrected chi connectivity index (χ2v) is 6.97. The van der Waals surface area contributed by atoms with Gasteiger partial charge in [-0.2, -0.15) is 0 Å². The van der Waals surface area contributed by atoms with Crippen LogP contribution in [-0.2, 0) is 9.53 Å². The molecule has 1 heterocycles. The molecule has 1 atom stereocenters. The SMILES string of the molecule is CCOCCN(C)CC1CCCN(C(=O)C(C)(C)C)C1. The molecule has 20 heavy (non-hydrogen) atoms. The Kier molecular flexibility index (Phi) is 6.96. The van der Waals surface area contributed by atoms with Crippen LogP contribution in [0.1, 0.15) is 40.5 Å². The van der Waals surface area contributed by atoms with E-state index in [9.17, 15) is 4.79 Å². The van der Waals surface area contributed by atoms with Crippen molar-refractivity contribution in [1.29, 1.82) is 0 Å². The number of hydrogen-bond acceptors (Lipinski definition) is 3. The molecule has 1 aliphatic rings. The highest BCUT2D eigenvalue weighted by atomic mass is 16.5. The Bertz CT molecular complexity index is 299. The summed E-state index contributed by atoms with van der Waals surface area (Å²) in [7, 11) is 2.14. The highest BCUT2D eigenvalue weighted by molar-refractivity contribution is 5.81. The number of carbonyl (C=O) groups is 1. The molecule has 1 rings (SSSR count). The van der Waals surface area contributed by atoms with Crippen molar-refractivity contribution >= 4 is 5.91 Å². The molecule has 0 saturated carbocycles. The van der Waals surface area contributed by atoms with E-state index in [0.717, 1.165) is 45.8 Å². The van der Waals surface area contributed by atoms with E-state index in [2.05, 4.69) is 16.8 Å². The molecule has 0 radical (unpaired) electrons. The maximum absolute atomic E-state index is 12.4. The molecule has 1 unspecified atom stereocenters. The minimum absolute atomic E-state index is 0.261. The van der Waals surface area contributed by atoms with Crippen molar-refractivity contribution in [3.05, 3.63) is 0 Å². The van der Waals surface area contributed by atoms with Gasteiger partial charge in [0.2, 0.25) is 5.91 Å². The third-order valence-corrected chi connectivity index (χ3v) is 3.84. The van der Waals surface area contributed by atoms with Gasteiger partial charge in [0.1, 0.15) is 0 Å². The van der Waals surface area contributed by atoms with Crippen LogP contribution in [0, 0.1) is 11.3 Å². The molecule has 0 aromatic rings. The van der Waals surface area contributed by atoms with Gasteiger partial charge in [0.05, 0.1) is 6.61 Å². The molecule has 0 aromatic heterocycles. The van der Waals surface area contributed by atoms with Crippen molar-refractivity contribution in [3.63, 3.8) is 0 Å². The first kappa shape index (κ1) is 17.4. The van der Waals surface area contributed by atoms with Crippen LogP contribution in [-0.4, -0.2) is 62.1 Å². The zero-order chi connectivity index (χ0) is 15.2. The fraction of sp³-hybridized carbons (Fsp3) is 0.938. The molecular weight excluding hydrogens is 252 g/mol. The lowest BCUT2D eigenvalue weighted by Crippen LogP contribution is -2.47. The monoisotopic (exact) mass is 284 g/mol. The first-order valence-electron chi connectivity index (χ1n) is 7.90. The van der Waals surface area contributed by atoms with Crippen LogP contribution in [0.2, 0.25) is 0 Å². The molecule has 4 heteroatoms. The summed E-state index contributed by atoms with van der Waals surface area (Å²) in [5, 5.41) is 0. The number of carbonyl (C=O) groups excluding carboxylic acids is 1. The third-order valence-electron chi connectivity index (χ3n) is 3.84. The molecular formula is C16H32N2O2. The Morgan fingerprint density at radius 2 is 2.10 bits per heavy atom. The average Bonchev–Trinajstić information content (AvgIpc) is 2.37. The largest absolute Gasteiger partial charge is 0.380 e. The minimum Gasteiger partial charge on any atom is -0.380 e. The topological polar surface area (TPSA) is 32.8 Å². The van der Waals surface area contributed by atoms with E-state index in [-0.39, 0.29) is 5.41 Å². The number of piperidine rings is 1. The van der Waals surface area contributed by atoms with Gasteiger partial charge in [-0.25, -0.2) is 0 Å². The van der Waals surface area contributed by atoms with Gasteiger partial charge in [-0.3, -0.25) is 4.79 Å². The number of amides is 1. The van der Waals surface area contributed by atoms with Crippen molar-refractivity contribution in [2.24, 2.45) is 11.3 Å². The van der Waals surface area contributed by atoms with E-state index in [0.29, 0.717) is 11.8 Å². The van der Waals surface area contributed by atoms with Crippen molar-refractivity contribution in [1.82, 2.24) is 9.80 Å². The Hall–Kier alpha value is -0.610. The summed E-state index contributed by atoms with van der Waals surface area (Å²) >= 11 is 0. The van der Waals surface area contributed by atoms with Crippen molar-refractivity contribution < 1.29 is 9.53 Å². The number of ether oxygens (including phenoxy) is 1. The predicted octanol–water partition coefficient (Wildman–Crippen LogP) is 2.24. The van der Waals surface area contributed by atoms with E-state index >= 15 is 0 Å². The van der Waals surface area contributed by atoms with Crippen LogP contribution in [0.15, 0.2) is 0 Å². The summed E-state index contributed by atoms with van der Waals surface area (Å²) < 4.78 is 5.39. The molecule has 0 N–H and O–H groups in total. The smallest absolute Gasteiger partial charge is 0.227 e. The first-order valence-corrected chi connectivity index (χ1v) is 7.90. The van der Waals surface area contributed by atoms with E-state index in [1.807, 2.05) is 27.7 Å². The Morgan fingerprint density at radius 3 is 2.70 bits per heavy atom. The number of likely N-dealkylation sites (tertiary alicyclic amines) is 1. The highest BCUT2D eigenvalue weighted by Crippen LogP contribution is 2.23.